The van der Waals surface area contributed by atoms with Crippen molar-refractivity contribution in [1.29, 1.82) is 0 Å². The molecule has 0 amide bonds. The highest BCUT2D eigenvalue weighted by atomic mass is 32.2. The highest BCUT2D eigenvalue weighted by Crippen LogP contribution is 2.35. The minimum atomic E-state index is 0.654. The molecule has 0 aliphatic carbocycles. The summed E-state index contributed by atoms with van der Waals surface area (Å²) in [5, 5.41) is 10.6. The van der Waals surface area contributed by atoms with Crippen molar-refractivity contribution in [3.63, 3.8) is 0 Å². The zero-order valence-corrected chi connectivity index (χ0v) is 16.1. The van der Waals surface area contributed by atoms with E-state index in [1.807, 2.05) is 48.7 Å². The molecule has 29 heavy (non-hydrogen) atoms. The number of nitrogens with zero attached hydrogens (tertiary/aromatic N) is 5. The number of aromatic nitrogens is 7. The van der Waals surface area contributed by atoms with Gasteiger partial charge in [0, 0.05) is 47.2 Å². The molecule has 0 aromatic carbocycles. The molecule has 0 radical (unpaired) electrons. The molecule has 6 rings (SSSR count). The first-order chi connectivity index (χ1) is 14.4. The van der Waals surface area contributed by atoms with Crippen LogP contribution in [0.3, 0.4) is 0 Å². The van der Waals surface area contributed by atoms with Gasteiger partial charge in [-0.3, -0.25) is 15.1 Å². The summed E-state index contributed by atoms with van der Waals surface area (Å²) in [7, 11) is 0. The summed E-state index contributed by atoms with van der Waals surface area (Å²) >= 11 is 1.83. The molecule has 0 bridgehead atoms. The van der Waals surface area contributed by atoms with Gasteiger partial charge in [0.2, 0.25) is 0 Å². The van der Waals surface area contributed by atoms with Crippen LogP contribution < -0.4 is 0 Å². The van der Waals surface area contributed by atoms with Gasteiger partial charge in [0.05, 0.1) is 22.6 Å². The van der Waals surface area contributed by atoms with E-state index < -0.39 is 0 Å². The largest absolute Gasteiger partial charge is 0.335 e. The van der Waals surface area contributed by atoms with E-state index in [9.17, 15) is 0 Å². The first kappa shape index (κ1) is 16.4. The summed E-state index contributed by atoms with van der Waals surface area (Å²) in [6, 6.07) is 6.00. The van der Waals surface area contributed by atoms with Crippen molar-refractivity contribution in [1.82, 2.24) is 35.1 Å². The summed E-state index contributed by atoms with van der Waals surface area (Å²) < 4.78 is 0. The van der Waals surface area contributed by atoms with Crippen molar-refractivity contribution in [2.45, 2.75) is 6.42 Å². The summed E-state index contributed by atoms with van der Waals surface area (Å²) in [5.41, 5.74) is 7.69. The van der Waals surface area contributed by atoms with Crippen molar-refractivity contribution in [2.75, 3.05) is 5.75 Å². The Labute approximate surface area is 169 Å². The van der Waals surface area contributed by atoms with Gasteiger partial charge in [0.1, 0.15) is 5.69 Å². The molecule has 0 unspecified atom stereocenters. The maximum atomic E-state index is 4.90. The molecule has 7 nitrogen and oxygen atoms in total. The van der Waals surface area contributed by atoms with Crippen LogP contribution in [0.1, 0.15) is 12.0 Å². The summed E-state index contributed by atoms with van der Waals surface area (Å²) in [6.07, 6.45) is 10.2. The van der Waals surface area contributed by atoms with Crippen LogP contribution in [0, 0.1) is 0 Å². The fraction of sp³-hybridized carbons (Fsp3) is 0.0952. The van der Waals surface area contributed by atoms with Gasteiger partial charge >= 0.3 is 0 Å². The van der Waals surface area contributed by atoms with E-state index in [4.69, 9.17) is 4.98 Å². The van der Waals surface area contributed by atoms with E-state index >= 15 is 0 Å². The van der Waals surface area contributed by atoms with Crippen LogP contribution in [-0.4, -0.2) is 40.9 Å². The average molecular weight is 397 g/mol. The van der Waals surface area contributed by atoms with Crippen molar-refractivity contribution in [3.8, 4) is 22.6 Å². The number of nitrogens with one attached hydrogen (secondary N) is 2. The summed E-state index contributed by atoms with van der Waals surface area (Å²) in [6.45, 7) is 0. The minimum Gasteiger partial charge on any atom is -0.335 e. The van der Waals surface area contributed by atoms with Gasteiger partial charge in [-0.05, 0) is 29.5 Å². The lowest BCUT2D eigenvalue weighted by Gasteiger charge is -2.01. The van der Waals surface area contributed by atoms with E-state index in [2.05, 4.69) is 41.6 Å². The maximum absolute atomic E-state index is 4.90. The number of rotatable bonds is 3. The Morgan fingerprint density at radius 3 is 2.90 bits per heavy atom. The number of imidazole rings is 1. The molecule has 140 valence electrons. The fourth-order valence-electron chi connectivity index (χ4n) is 3.64. The number of allylic oxidation sites excluding steroid dienone is 1. The predicted octanol–water partition coefficient (Wildman–Crippen LogP) is 4.44. The second kappa shape index (κ2) is 6.52. The highest BCUT2D eigenvalue weighted by molar-refractivity contribution is 8.02. The molecule has 8 heteroatoms. The Morgan fingerprint density at radius 1 is 1.03 bits per heavy atom. The van der Waals surface area contributed by atoms with E-state index in [-0.39, 0.29) is 0 Å². The molecule has 0 fully saturated rings. The molecule has 0 saturated heterocycles. The van der Waals surface area contributed by atoms with Gasteiger partial charge < -0.3 is 4.98 Å². The Hall–Kier alpha value is -3.52. The molecule has 5 aromatic heterocycles. The minimum absolute atomic E-state index is 0.654. The van der Waals surface area contributed by atoms with Crippen LogP contribution in [0.4, 0.5) is 0 Å². The monoisotopic (exact) mass is 397 g/mol. The molecular formula is C21H15N7S. The average Bonchev–Trinajstić information content (AvgIpc) is 3.52. The number of hydrogen-bond donors (Lipinski definition) is 2. The second-order valence-corrected chi connectivity index (χ2v) is 7.85. The molecular weight excluding hydrogens is 382 g/mol. The molecule has 0 atom stereocenters. The number of aromatic amines is 2. The van der Waals surface area contributed by atoms with E-state index in [1.165, 1.54) is 5.57 Å². The maximum Gasteiger partial charge on any atom is 0.181 e. The first-order valence-electron chi connectivity index (χ1n) is 9.26. The van der Waals surface area contributed by atoms with E-state index in [1.54, 1.807) is 6.20 Å². The molecule has 0 saturated carbocycles. The Morgan fingerprint density at radius 2 is 2.03 bits per heavy atom. The molecule has 1 aliphatic heterocycles. The smallest absolute Gasteiger partial charge is 0.181 e. The van der Waals surface area contributed by atoms with E-state index in [0.717, 1.165) is 56.8 Å². The van der Waals surface area contributed by atoms with Gasteiger partial charge in [0.15, 0.2) is 11.5 Å². The van der Waals surface area contributed by atoms with Gasteiger partial charge in [-0.1, -0.05) is 6.07 Å². The van der Waals surface area contributed by atoms with Crippen molar-refractivity contribution < 1.29 is 0 Å². The SMILES string of the molecule is C1=C(c2cncc3[nH]c(-c4[nH]nc5ncc(-c6cccnc6)cc45)nc23)CCS1. The quantitative estimate of drug-likeness (QED) is 0.467. The molecule has 2 N–H and O–H groups in total. The van der Waals surface area contributed by atoms with Crippen LogP contribution in [-0.2, 0) is 0 Å². The van der Waals surface area contributed by atoms with Crippen LogP contribution in [0.2, 0.25) is 0 Å². The standard InChI is InChI=1S/C21H15N7S/c1-2-12(7-22-4-1)14-6-15-19(27-28-20(15)24-8-14)21-25-17-10-23-9-16(18(17)26-21)13-3-5-29-11-13/h1-2,4,6-11H,3,5H2,(H,25,26)(H,24,27,28). The third-order valence-corrected chi connectivity index (χ3v) is 5.99. The zero-order chi connectivity index (χ0) is 19.2. The molecule has 5 aromatic rings. The van der Waals surface area contributed by atoms with Crippen molar-refractivity contribution in [3.05, 3.63) is 60.2 Å². The molecule has 1 aliphatic rings. The molecule has 0 spiro atoms. The highest BCUT2D eigenvalue weighted by Gasteiger charge is 2.18. The van der Waals surface area contributed by atoms with Crippen LogP contribution in [0.15, 0.2) is 54.6 Å². The third-order valence-electron chi connectivity index (χ3n) is 5.10. The van der Waals surface area contributed by atoms with Crippen LogP contribution in [0.5, 0.6) is 0 Å². The van der Waals surface area contributed by atoms with Gasteiger partial charge in [-0.25, -0.2) is 9.97 Å². The third kappa shape index (κ3) is 2.72. The van der Waals surface area contributed by atoms with Crippen LogP contribution in [0.25, 0.3) is 50.3 Å². The van der Waals surface area contributed by atoms with Gasteiger partial charge in [-0.15, -0.1) is 11.8 Å². The van der Waals surface area contributed by atoms with Gasteiger partial charge in [-0.2, -0.15) is 5.10 Å². The Balaban J connectivity index is 1.51. The fourth-order valence-corrected chi connectivity index (χ4v) is 4.55. The van der Waals surface area contributed by atoms with E-state index in [0.29, 0.717) is 5.65 Å². The normalized spacial score (nSPS) is 14.0. The lowest BCUT2D eigenvalue weighted by molar-refractivity contribution is 1.09. The summed E-state index contributed by atoms with van der Waals surface area (Å²) in [5.74, 6) is 1.84. The number of fused-ring (bicyclic) bond motifs is 2. The number of pyridine rings is 3. The number of hydrogen-bond acceptors (Lipinski definition) is 6. The lowest BCUT2D eigenvalue weighted by atomic mass is 10.1. The van der Waals surface area contributed by atoms with Crippen molar-refractivity contribution >= 4 is 39.4 Å². The molecule has 6 heterocycles. The number of H-pyrrole nitrogens is 2. The Kier molecular flexibility index (Phi) is 3.70. The first-order valence-corrected chi connectivity index (χ1v) is 10.3. The predicted molar refractivity (Wildman–Crippen MR) is 115 cm³/mol. The topological polar surface area (TPSA) is 96.0 Å². The lowest BCUT2D eigenvalue weighted by Crippen LogP contribution is -1.87. The Bertz CT molecular complexity index is 1380. The number of thioether (sulfide) groups is 1. The van der Waals surface area contributed by atoms with Gasteiger partial charge in [0.25, 0.3) is 0 Å². The second-order valence-electron chi connectivity index (χ2n) is 6.87. The van der Waals surface area contributed by atoms with Crippen LogP contribution >= 0.6 is 11.8 Å². The summed E-state index contributed by atoms with van der Waals surface area (Å²) in [4.78, 5) is 21.4. The zero-order valence-electron chi connectivity index (χ0n) is 15.3. The van der Waals surface area contributed by atoms with Crippen molar-refractivity contribution in [2.24, 2.45) is 0 Å².